The molecule has 2 aliphatic rings. The van der Waals surface area contributed by atoms with E-state index < -0.39 is 5.41 Å². The quantitative estimate of drug-likeness (QED) is 0.858. The first kappa shape index (κ1) is 13.6. The van der Waals surface area contributed by atoms with E-state index in [-0.39, 0.29) is 18.0 Å². The second-order valence-corrected chi connectivity index (χ2v) is 6.50. The Kier molecular flexibility index (Phi) is 3.32. The highest BCUT2D eigenvalue weighted by molar-refractivity contribution is 5.83. The van der Waals surface area contributed by atoms with E-state index >= 15 is 0 Å². The maximum atomic E-state index is 12.6. The van der Waals surface area contributed by atoms with E-state index in [2.05, 4.69) is 10.4 Å². The van der Waals surface area contributed by atoms with Gasteiger partial charge in [-0.25, -0.2) is 0 Å². The monoisotopic (exact) mass is 276 g/mol. The highest BCUT2D eigenvalue weighted by Gasteiger charge is 2.43. The molecule has 3 N–H and O–H groups in total. The van der Waals surface area contributed by atoms with E-state index in [9.17, 15) is 4.79 Å². The Bertz CT molecular complexity index is 524. The molecule has 3 rings (SSSR count). The second kappa shape index (κ2) is 4.88. The summed E-state index contributed by atoms with van der Waals surface area (Å²) in [6, 6.07) is 0.0871. The van der Waals surface area contributed by atoms with Gasteiger partial charge >= 0.3 is 0 Å². The molecule has 1 heterocycles. The molecule has 0 spiro atoms. The summed E-state index contributed by atoms with van der Waals surface area (Å²) in [6.45, 7) is 2.01. The van der Waals surface area contributed by atoms with Gasteiger partial charge in [0.25, 0.3) is 0 Å². The van der Waals surface area contributed by atoms with Crippen molar-refractivity contribution in [3.8, 4) is 0 Å². The lowest BCUT2D eigenvalue weighted by Crippen LogP contribution is -2.48. The fourth-order valence-electron chi connectivity index (χ4n) is 3.65. The van der Waals surface area contributed by atoms with Gasteiger partial charge in [0, 0.05) is 24.3 Å². The van der Waals surface area contributed by atoms with Gasteiger partial charge in [-0.05, 0) is 39.0 Å². The summed E-state index contributed by atoms with van der Waals surface area (Å²) in [5.41, 5.74) is 8.17. The standard InChI is InChI=1S/C15H24N4O/c1-15(8-4-7-13(15)16)14(20)18-11-5-3-6-12-10(11)9-17-19(12)2/h9,11,13H,3-8,16H2,1-2H3,(H,18,20). The van der Waals surface area contributed by atoms with Crippen LogP contribution in [0, 0.1) is 5.41 Å². The van der Waals surface area contributed by atoms with E-state index in [0.29, 0.717) is 0 Å². The topological polar surface area (TPSA) is 72.9 Å². The first-order valence-corrected chi connectivity index (χ1v) is 7.59. The zero-order valence-electron chi connectivity index (χ0n) is 12.4. The molecule has 5 nitrogen and oxygen atoms in total. The normalized spacial score (nSPS) is 33.0. The smallest absolute Gasteiger partial charge is 0.227 e. The third-order valence-electron chi connectivity index (χ3n) is 5.23. The molecule has 110 valence electrons. The number of hydrogen-bond acceptors (Lipinski definition) is 3. The van der Waals surface area contributed by atoms with Crippen molar-refractivity contribution in [3.63, 3.8) is 0 Å². The SMILES string of the molecule is Cn1ncc2c1CCCC2NC(=O)C1(C)CCCC1N. The minimum Gasteiger partial charge on any atom is -0.349 e. The van der Waals surface area contributed by atoms with Crippen molar-refractivity contribution in [3.05, 3.63) is 17.5 Å². The minimum atomic E-state index is -0.403. The molecule has 20 heavy (non-hydrogen) atoms. The molecular weight excluding hydrogens is 252 g/mol. The van der Waals surface area contributed by atoms with Crippen LogP contribution in [0.15, 0.2) is 6.20 Å². The Balaban J connectivity index is 1.77. The van der Waals surface area contributed by atoms with Crippen molar-refractivity contribution in [2.75, 3.05) is 0 Å². The van der Waals surface area contributed by atoms with E-state index in [0.717, 1.165) is 38.5 Å². The number of amides is 1. The van der Waals surface area contributed by atoms with Crippen LogP contribution in [0.4, 0.5) is 0 Å². The van der Waals surface area contributed by atoms with Crippen molar-refractivity contribution < 1.29 is 4.79 Å². The molecule has 1 aromatic rings. The number of fused-ring (bicyclic) bond motifs is 1. The number of carbonyl (C=O) groups is 1. The van der Waals surface area contributed by atoms with Gasteiger partial charge in [0.2, 0.25) is 5.91 Å². The lowest BCUT2D eigenvalue weighted by Gasteiger charge is -2.31. The Hall–Kier alpha value is -1.36. The Morgan fingerprint density at radius 3 is 3.00 bits per heavy atom. The summed E-state index contributed by atoms with van der Waals surface area (Å²) >= 11 is 0. The van der Waals surface area contributed by atoms with Crippen LogP contribution in [-0.4, -0.2) is 21.7 Å². The van der Waals surface area contributed by atoms with Gasteiger partial charge in [0.05, 0.1) is 17.7 Å². The molecule has 1 fully saturated rings. The van der Waals surface area contributed by atoms with Crippen LogP contribution < -0.4 is 11.1 Å². The van der Waals surface area contributed by atoms with Crippen LogP contribution in [-0.2, 0) is 18.3 Å². The highest BCUT2D eigenvalue weighted by Crippen LogP contribution is 2.38. The third-order valence-corrected chi connectivity index (χ3v) is 5.23. The summed E-state index contributed by atoms with van der Waals surface area (Å²) in [6.07, 6.45) is 7.94. The average Bonchev–Trinajstić information content (AvgIpc) is 2.96. The van der Waals surface area contributed by atoms with Crippen LogP contribution in [0.1, 0.15) is 56.3 Å². The number of aromatic nitrogens is 2. The van der Waals surface area contributed by atoms with E-state index in [4.69, 9.17) is 5.73 Å². The molecule has 3 unspecified atom stereocenters. The molecule has 0 radical (unpaired) electrons. The predicted octanol–water partition coefficient (Wildman–Crippen LogP) is 1.43. The number of carbonyl (C=O) groups excluding carboxylic acids is 1. The van der Waals surface area contributed by atoms with Crippen LogP contribution in [0.2, 0.25) is 0 Å². The molecule has 1 amide bonds. The molecule has 0 aromatic carbocycles. The Morgan fingerprint density at radius 1 is 1.50 bits per heavy atom. The molecule has 5 heteroatoms. The van der Waals surface area contributed by atoms with Gasteiger partial charge < -0.3 is 11.1 Å². The summed E-state index contributed by atoms with van der Waals surface area (Å²) < 4.78 is 1.93. The molecule has 1 saturated carbocycles. The van der Waals surface area contributed by atoms with Gasteiger partial charge in [0.15, 0.2) is 0 Å². The number of nitrogens with two attached hydrogens (primary N) is 1. The van der Waals surface area contributed by atoms with E-state index in [1.807, 2.05) is 24.9 Å². The maximum Gasteiger partial charge on any atom is 0.227 e. The molecule has 0 saturated heterocycles. The van der Waals surface area contributed by atoms with Gasteiger partial charge in [0.1, 0.15) is 0 Å². The fraction of sp³-hybridized carbons (Fsp3) is 0.733. The first-order valence-electron chi connectivity index (χ1n) is 7.59. The third kappa shape index (κ3) is 2.04. The van der Waals surface area contributed by atoms with Crippen LogP contribution in [0.25, 0.3) is 0 Å². The summed E-state index contributed by atoms with van der Waals surface area (Å²) in [4.78, 5) is 12.6. The average molecular weight is 276 g/mol. The molecule has 3 atom stereocenters. The van der Waals surface area contributed by atoms with Crippen molar-refractivity contribution in [1.82, 2.24) is 15.1 Å². The van der Waals surface area contributed by atoms with Gasteiger partial charge in [-0.15, -0.1) is 0 Å². The zero-order chi connectivity index (χ0) is 14.3. The van der Waals surface area contributed by atoms with Crippen molar-refractivity contribution in [1.29, 1.82) is 0 Å². The Morgan fingerprint density at radius 2 is 2.30 bits per heavy atom. The van der Waals surface area contributed by atoms with E-state index in [1.165, 1.54) is 11.3 Å². The largest absolute Gasteiger partial charge is 0.349 e. The predicted molar refractivity (Wildman–Crippen MR) is 77.0 cm³/mol. The number of rotatable bonds is 2. The number of nitrogens with one attached hydrogen (secondary N) is 1. The summed E-state index contributed by atoms with van der Waals surface area (Å²) in [5.74, 6) is 0.115. The van der Waals surface area contributed by atoms with Crippen molar-refractivity contribution >= 4 is 5.91 Å². The highest BCUT2D eigenvalue weighted by atomic mass is 16.2. The number of aryl methyl sites for hydroxylation is 1. The molecule has 2 aliphatic carbocycles. The van der Waals surface area contributed by atoms with Crippen LogP contribution in [0.5, 0.6) is 0 Å². The summed E-state index contributed by atoms with van der Waals surface area (Å²) in [5, 5.41) is 7.56. The molecular formula is C15H24N4O. The van der Waals surface area contributed by atoms with Gasteiger partial charge in [-0.3, -0.25) is 9.48 Å². The van der Waals surface area contributed by atoms with Gasteiger partial charge in [-0.1, -0.05) is 6.42 Å². The Labute approximate surface area is 119 Å². The molecule has 0 aliphatic heterocycles. The van der Waals surface area contributed by atoms with E-state index in [1.54, 1.807) is 0 Å². The van der Waals surface area contributed by atoms with Crippen LogP contribution in [0.3, 0.4) is 0 Å². The number of nitrogens with zero attached hydrogens (tertiary/aromatic N) is 2. The first-order chi connectivity index (χ1) is 9.52. The lowest BCUT2D eigenvalue weighted by molar-refractivity contribution is -0.131. The lowest BCUT2D eigenvalue weighted by atomic mass is 9.83. The fourth-order valence-corrected chi connectivity index (χ4v) is 3.65. The van der Waals surface area contributed by atoms with Crippen LogP contribution >= 0.6 is 0 Å². The van der Waals surface area contributed by atoms with Crippen molar-refractivity contribution in [2.24, 2.45) is 18.2 Å². The maximum absolute atomic E-state index is 12.6. The zero-order valence-corrected chi connectivity index (χ0v) is 12.4. The molecule has 0 bridgehead atoms. The number of hydrogen-bond donors (Lipinski definition) is 2. The van der Waals surface area contributed by atoms with Gasteiger partial charge in [-0.2, -0.15) is 5.10 Å². The molecule has 1 aromatic heterocycles. The summed E-state index contributed by atoms with van der Waals surface area (Å²) in [7, 11) is 1.97. The second-order valence-electron chi connectivity index (χ2n) is 6.50. The minimum absolute atomic E-state index is 0.0144. The van der Waals surface area contributed by atoms with Crippen molar-refractivity contribution in [2.45, 2.75) is 57.5 Å².